The van der Waals surface area contributed by atoms with Gasteiger partial charge in [-0.1, -0.05) is 18.2 Å². The van der Waals surface area contributed by atoms with Gasteiger partial charge in [0.25, 0.3) is 5.91 Å². The predicted octanol–water partition coefficient (Wildman–Crippen LogP) is 3.07. The summed E-state index contributed by atoms with van der Waals surface area (Å²) in [5.41, 5.74) is 2.95. The molecule has 2 amide bonds. The molecule has 0 radical (unpaired) electrons. The van der Waals surface area contributed by atoms with Crippen molar-refractivity contribution in [1.82, 2.24) is 10.6 Å². The van der Waals surface area contributed by atoms with Gasteiger partial charge in [0.2, 0.25) is 5.91 Å². The van der Waals surface area contributed by atoms with E-state index in [0.29, 0.717) is 12.1 Å². The lowest BCUT2D eigenvalue weighted by atomic mass is 10.1. The smallest absolute Gasteiger partial charge is 0.251 e. The quantitative estimate of drug-likeness (QED) is 0.700. The first kappa shape index (κ1) is 20.4. The summed E-state index contributed by atoms with van der Waals surface area (Å²) >= 11 is 0. The number of halogens is 1. The van der Waals surface area contributed by atoms with Crippen molar-refractivity contribution >= 4 is 11.8 Å². The van der Waals surface area contributed by atoms with E-state index in [9.17, 15) is 14.0 Å². The van der Waals surface area contributed by atoms with Crippen LogP contribution in [-0.4, -0.2) is 31.5 Å². The second-order valence-corrected chi connectivity index (χ2v) is 6.37. The molecule has 0 saturated heterocycles. The van der Waals surface area contributed by atoms with Gasteiger partial charge in [0.05, 0.1) is 13.0 Å². The zero-order chi connectivity index (χ0) is 19.8. The van der Waals surface area contributed by atoms with Crippen molar-refractivity contribution in [1.29, 1.82) is 0 Å². The van der Waals surface area contributed by atoms with Crippen LogP contribution < -0.4 is 15.4 Å². The van der Waals surface area contributed by atoms with Crippen LogP contribution >= 0.6 is 0 Å². The van der Waals surface area contributed by atoms with Gasteiger partial charge in [-0.15, -0.1) is 0 Å². The molecular formula is C21H25FN2O3. The van der Waals surface area contributed by atoms with Gasteiger partial charge in [-0.2, -0.15) is 0 Å². The molecule has 0 saturated carbocycles. The van der Waals surface area contributed by atoms with Gasteiger partial charge in [0.1, 0.15) is 11.6 Å². The minimum atomic E-state index is -0.417. The van der Waals surface area contributed by atoms with Crippen LogP contribution in [0.15, 0.2) is 36.4 Å². The van der Waals surface area contributed by atoms with Crippen LogP contribution in [0.25, 0.3) is 0 Å². The third kappa shape index (κ3) is 6.09. The first-order valence-corrected chi connectivity index (χ1v) is 8.88. The maximum Gasteiger partial charge on any atom is 0.251 e. The van der Waals surface area contributed by atoms with Gasteiger partial charge < -0.3 is 15.4 Å². The number of aryl methyl sites for hydroxylation is 2. The fourth-order valence-electron chi connectivity index (χ4n) is 2.44. The fraction of sp³-hybridized carbons (Fsp3) is 0.333. The molecule has 0 fully saturated rings. The summed E-state index contributed by atoms with van der Waals surface area (Å²) in [6.07, 6.45) is 0.227. The van der Waals surface area contributed by atoms with Crippen molar-refractivity contribution in [3.05, 3.63) is 64.5 Å². The predicted molar refractivity (Wildman–Crippen MR) is 103 cm³/mol. The van der Waals surface area contributed by atoms with Crippen molar-refractivity contribution < 1.29 is 18.7 Å². The van der Waals surface area contributed by atoms with Crippen LogP contribution in [0, 0.1) is 26.6 Å². The zero-order valence-corrected chi connectivity index (χ0v) is 15.9. The average Bonchev–Trinajstić information content (AvgIpc) is 2.64. The van der Waals surface area contributed by atoms with Gasteiger partial charge in [0.15, 0.2) is 0 Å². The molecule has 0 aliphatic heterocycles. The average molecular weight is 372 g/mol. The molecule has 144 valence electrons. The van der Waals surface area contributed by atoms with Gasteiger partial charge >= 0.3 is 0 Å². The second kappa shape index (κ2) is 9.71. The molecule has 0 aliphatic rings. The van der Waals surface area contributed by atoms with Crippen molar-refractivity contribution in [2.45, 2.75) is 27.2 Å². The number of hydrogen-bond acceptors (Lipinski definition) is 3. The number of carbonyl (C=O) groups excluding carboxylic acids is 2. The fourth-order valence-corrected chi connectivity index (χ4v) is 2.44. The standard InChI is InChI=1S/C21H25FN2O3/c1-14-5-4-6-19(16(14)3)27-12-9-20(25)23-10-11-24-21(26)17-8-7-15(2)18(22)13-17/h4-8,13H,9-12H2,1-3H3,(H,23,25)(H,24,26). The van der Waals surface area contributed by atoms with Gasteiger partial charge in [-0.05, 0) is 55.7 Å². The molecule has 0 heterocycles. The molecular weight excluding hydrogens is 347 g/mol. The summed E-state index contributed by atoms with van der Waals surface area (Å²) in [6, 6.07) is 10.1. The van der Waals surface area contributed by atoms with Gasteiger partial charge in [-0.3, -0.25) is 9.59 Å². The Bertz CT molecular complexity index is 821. The normalized spacial score (nSPS) is 10.4. The van der Waals surface area contributed by atoms with Crippen molar-refractivity contribution in [3.8, 4) is 5.75 Å². The van der Waals surface area contributed by atoms with E-state index in [4.69, 9.17) is 4.74 Å². The van der Waals surface area contributed by atoms with Gasteiger partial charge in [0, 0.05) is 18.7 Å². The minimum Gasteiger partial charge on any atom is -0.493 e. The molecule has 2 rings (SSSR count). The van der Waals surface area contributed by atoms with Crippen molar-refractivity contribution in [3.63, 3.8) is 0 Å². The lowest BCUT2D eigenvalue weighted by Gasteiger charge is -2.11. The van der Waals surface area contributed by atoms with E-state index in [1.54, 1.807) is 19.1 Å². The third-order valence-corrected chi connectivity index (χ3v) is 4.31. The van der Waals surface area contributed by atoms with Crippen molar-refractivity contribution in [2.24, 2.45) is 0 Å². The third-order valence-electron chi connectivity index (χ3n) is 4.31. The van der Waals surface area contributed by atoms with E-state index in [1.165, 1.54) is 6.07 Å². The highest BCUT2D eigenvalue weighted by molar-refractivity contribution is 5.94. The highest BCUT2D eigenvalue weighted by Gasteiger charge is 2.08. The van der Waals surface area contributed by atoms with Gasteiger partial charge in [-0.25, -0.2) is 4.39 Å². The first-order chi connectivity index (χ1) is 12.9. The lowest BCUT2D eigenvalue weighted by molar-refractivity contribution is -0.121. The van der Waals surface area contributed by atoms with Crippen LogP contribution in [0.2, 0.25) is 0 Å². The van der Waals surface area contributed by atoms with Crippen LogP contribution in [-0.2, 0) is 4.79 Å². The molecule has 2 aromatic rings. The van der Waals surface area contributed by atoms with Crippen LogP contribution in [0.5, 0.6) is 5.75 Å². The molecule has 5 nitrogen and oxygen atoms in total. The van der Waals surface area contributed by atoms with Crippen molar-refractivity contribution in [2.75, 3.05) is 19.7 Å². The van der Waals surface area contributed by atoms with E-state index in [1.807, 2.05) is 32.0 Å². The maximum absolute atomic E-state index is 13.5. The molecule has 2 N–H and O–H groups in total. The Morgan fingerprint density at radius 3 is 2.48 bits per heavy atom. The van der Waals surface area contributed by atoms with Crippen LogP contribution in [0.4, 0.5) is 4.39 Å². The summed E-state index contributed by atoms with van der Waals surface area (Å²) < 4.78 is 19.1. The van der Waals surface area contributed by atoms with E-state index in [2.05, 4.69) is 10.6 Å². The molecule has 0 aromatic heterocycles. The summed E-state index contributed by atoms with van der Waals surface area (Å²) in [5.74, 6) is -0.169. The summed E-state index contributed by atoms with van der Waals surface area (Å²) in [6.45, 7) is 6.46. The SMILES string of the molecule is Cc1ccc(C(=O)NCCNC(=O)CCOc2cccc(C)c2C)cc1F. The Balaban J connectivity index is 1.65. The molecule has 0 bridgehead atoms. The largest absolute Gasteiger partial charge is 0.493 e. The van der Waals surface area contributed by atoms with Crippen LogP contribution in [0.1, 0.15) is 33.5 Å². The van der Waals surface area contributed by atoms with E-state index >= 15 is 0 Å². The summed E-state index contributed by atoms with van der Waals surface area (Å²) in [5, 5.41) is 5.36. The Labute approximate surface area is 158 Å². The number of ether oxygens (including phenoxy) is 1. The lowest BCUT2D eigenvalue weighted by Crippen LogP contribution is -2.35. The zero-order valence-electron chi connectivity index (χ0n) is 15.9. The molecule has 0 aliphatic carbocycles. The summed E-state index contributed by atoms with van der Waals surface area (Å²) in [4.78, 5) is 23.8. The summed E-state index contributed by atoms with van der Waals surface area (Å²) in [7, 11) is 0. The number of nitrogens with one attached hydrogen (secondary N) is 2. The maximum atomic E-state index is 13.5. The van der Waals surface area contributed by atoms with Crippen LogP contribution in [0.3, 0.4) is 0 Å². The number of hydrogen-bond donors (Lipinski definition) is 2. The molecule has 0 atom stereocenters. The molecule has 2 aromatic carbocycles. The van der Waals surface area contributed by atoms with E-state index in [-0.39, 0.29) is 37.0 Å². The highest BCUT2D eigenvalue weighted by Crippen LogP contribution is 2.20. The second-order valence-electron chi connectivity index (χ2n) is 6.37. The molecule has 0 spiro atoms. The topological polar surface area (TPSA) is 67.4 Å². The first-order valence-electron chi connectivity index (χ1n) is 8.88. The monoisotopic (exact) mass is 372 g/mol. The number of rotatable bonds is 8. The highest BCUT2D eigenvalue weighted by atomic mass is 19.1. The Kier molecular flexibility index (Phi) is 7.34. The Morgan fingerprint density at radius 1 is 1.00 bits per heavy atom. The van der Waals surface area contributed by atoms with E-state index < -0.39 is 5.82 Å². The molecule has 27 heavy (non-hydrogen) atoms. The molecule has 6 heteroatoms. The molecule has 0 unspecified atom stereocenters. The number of carbonyl (C=O) groups is 2. The Morgan fingerprint density at radius 2 is 1.74 bits per heavy atom. The van der Waals surface area contributed by atoms with E-state index in [0.717, 1.165) is 16.9 Å². The number of amides is 2. The Hall–Kier alpha value is -2.89. The number of benzene rings is 2. The minimum absolute atomic E-state index is 0.157.